The molecule has 0 unspecified atom stereocenters. The van der Waals surface area contributed by atoms with Crippen LogP contribution in [0.25, 0.3) is 0 Å². The molecule has 0 aliphatic heterocycles. The van der Waals surface area contributed by atoms with Gasteiger partial charge in [0.2, 0.25) is 0 Å². The summed E-state index contributed by atoms with van der Waals surface area (Å²) in [6.45, 7) is 2.36. The highest BCUT2D eigenvalue weighted by molar-refractivity contribution is 6.17. The molecule has 0 radical (unpaired) electrons. The van der Waals surface area contributed by atoms with Crippen molar-refractivity contribution >= 4 is 17.6 Å². The fourth-order valence-electron chi connectivity index (χ4n) is 3.31. The molecular weight excluding hydrogens is 396 g/mol. The van der Waals surface area contributed by atoms with Gasteiger partial charge in [0.15, 0.2) is 0 Å². The summed E-state index contributed by atoms with van der Waals surface area (Å²) in [4.78, 5) is 11.7. The molecule has 30 heavy (non-hydrogen) atoms. The number of hydrogen-bond acceptors (Lipinski definition) is 3. The van der Waals surface area contributed by atoms with Crippen molar-refractivity contribution in [2.75, 3.05) is 12.5 Å². The Hall–Kier alpha value is -1.06. The summed E-state index contributed by atoms with van der Waals surface area (Å²) >= 11 is 4.94. The molecule has 0 amide bonds. The molecular formula is C26H45ClO3. The number of aliphatic hydroxyl groups excluding tert-OH is 1. The van der Waals surface area contributed by atoms with Crippen molar-refractivity contribution in [2.24, 2.45) is 0 Å². The lowest BCUT2D eigenvalue weighted by atomic mass is 10.0. The van der Waals surface area contributed by atoms with E-state index in [1.165, 1.54) is 83.5 Å². The number of carbonyl (C=O) groups excluding carboxylic acids is 1. The second kappa shape index (κ2) is 24.2. The molecule has 0 aliphatic carbocycles. The molecule has 0 heterocycles. The van der Waals surface area contributed by atoms with Crippen LogP contribution in [0.15, 0.2) is 30.3 Å². The summed E-state index contributed by atoms with van der Waals surface area (Å²) < 4.78 is 5.29. The van der Waals surface area contributed by atoms with Gasteiger partial charge in [0.1, 0.15) is 5.75 Å². The number of para-hydroxylation sites is 1. The smallest absolute Gasteiger partial charge is 0.311 e. The van der Waals surface area contributed by atoms with Crippen molar-refractivity contribution in [3.8, 4) is 5.75 Å². The van der Waals surface area contributed by atoms with Gasteiger partial charge < -0.3 is 9.84 Å². The first-order valence-electron chi connectivity index (χ1n) is 12.2. The second-order valence-electron chi connectivity index (χ2n) is 7.90. The highest BCUT2D eigenvalue weighted by Gasteiger charge is 2.03. The van der Waals surface area contributed by atoms with Crippen molar-refractivity contribution in [3.63, 3.8) is 0 Å². The maximum Gasteiger partial charge on any atom is 0.311 e. The molecule has 1 rings (SSSR count). The normalized spacial score (nSPS) is 10.4. The Balaban J connectivity index is 0.00000192. The average molecular weight is 441 g/mol. The summed E-state index contributed by atoms with van der Waals surface area (Å²) in [6.07, 6.45) is 20.7. The van der Waals surface area contributed by atoms with Gasteiger partial charge in [-0.1, -0.05) is 115 Å². The lowest BCUT2D eigenvalue weighted by molar-refractivity contribution is -0.134. The number of halogens is 1. The molecule has 174 valence electrons. The van der Waals surface area contributed by atoms with E-state index in [0.29, 0.717) is 18.1 Å². The van der Waals surface area contributed by atoms with Crippen molar-refractivity contribution in [3.05, 3.63) is 30.3 Å². The Labute approximate surface area is 190 Å². The van der Waals surface area contributed by atoms with Gasteiger partial charge in [-0.3, -0.25) is 4.79 Å². The predicted octanol–water partition coefficient (Wildman–Crippen LogP) is 8.07. The molecule has 1 N–H and O–H groups in total. The Morgan fingerprint density at radius 1 is 0.767 bits per heavy atom. The van der Waals surface area contributed by atoms with Gasteiger partial charge in [0.05, 0.1) is 6.61 Å². The van der Waals surface area contributed by atoms with E-state index in [4.69, 9.17) is 21.4 Å². The van der Waals surface area contributed by atoms with Gasteiger partial charge in [-0.05, 0) is 18.6 Å². The number of esters is 1. The largest absolute Gasteiger partial charge is 0.427 e. The van der Waals surface area contributed by atoms with Crippen LogP contribution in [0.3, 0.4) is 0 Å². The van der Waals surface area contributed by atoms with Crippen LogP contribution >= 0.6 is 11.6 Å². The molecule has 0 aliphatic rings. The number of unbranched alkanes of at least 4 members (excludes halogenated alkanes) is 14. The Morgan fingerprint density at radius 2 is 1.17 bits per heavy atom. The van der Waals surface area contributed by atoms with E-state index in [9.17, 15) is 4.79 Å². The number of ether oxygens (including phenoxy) is 1. The van der Waals surface area contributed by atoms with Crippen molar-refractivity contribution in [1.29, 1.82) is 0 Å². The van der Waals surface area contributed by atoms with Gasteiger partial charge in [0.25, 0.3) is 0 Å². The number of aliphatic hydroxyl groups is 1. The van der Waals surface area contributed by atoms with Crippen molar-refractivity contribution in [1.82, 2.24) is 0 Å². The lowest BCUT2D eigenvalue weighted by Crippen LogP contribution is -2.07. The van der Waals surface area contributed by atoms with Crippen LogP contribution in [0.4, 0.5) is 0 Å². The Morgan fingerprint density at radius 3 is 1.57 bits per heavy atom. The van der Waals surface area contributed by atoms with E-state index >= 15 is 0 Å². The molecule has 1 aromatic rings. The fraction of sp³-hybridized carbons (Fsp3) is 0.731. The second-order valence-corrected chi connectivity index (χ2v) is 8.28. The fourth-order valence-corrected chi connectivity index (χ4v) is 3.31. The van der Waals surface area contributed by atoms with Crippen LogP contribution in [0, 0.1) is 0 Å². The minimum atomic E-state index is -0.106. The minimum absolute atomic E-state index is 0.0849. The summed E-state index contributed by atoms with van der Waals surface area (Å²) in [6, 6.07) is 9.34. The zero-order chi connectivity index (χ0) is 22.1. The van der Waals surface area contributed by atoms with Crippen LogP contribution in [-0.4, -0.2) is 23.6 Å². The summed E-state index contributed by atoms with van der Waals surface area (Å²) in [5, 5.41) is 7.74. The van der Waals surface area contributed by atoms with Gasteiger partial charge in [-0.2, -0.15) is 0 Å². The Bertz CT molecular complexity index is 463. The van der Waals surface area contributed by atoms with E-state index in [1.54, 1.807) is 0 Å². The van der Waals surface area contributed by atoms with Crippen LogP contribution in [0.1, 0.15) is 110 Å². The number of carbonyl (C=O) groups is 1. The zero-order valence-electron chi connectivity index (χ0n) is 19.3. The average Bonchev–Trinajstić information content (AvgIpc) is 2.77. The molecule has 0 aromatic heterocycles. The van der Waals surface area contributed by atoms with Crippen LogP contribution in [0.5, 0.6) is 5.75 Å². The predicted molar refractivity (Wildman–Crippen MR) is 129 cm³/mol. The summed E-state index contributed by atoms with van der Waals surface area (Å²) in [5.74, 6) is 0.893. The van der Waals surface area contributed by atoms with Crippen molar-refractivity contribution < 1.29 is 14.6 Å². The SMILES string of the molecule is CCCCCCCCCCCCCCCCCC(=O)Oc1ccccc1.OCCCl. The first-order chi connectivity index (χ1) is 14.7. The number of rotatable bonds is 18. The van der Waals surface area contributed by atoms with E-state index in [2.05, 4.69) is 6.92 Å². The van der Waals surface area contributed by atoms with Crippen LogP contribution in [-0.2, 0) is 4.79 Å². The third-order valence-corrected chi connectivity index (χ3v) is 5.21. The van der Waals surface area contributed by atoms with Gasteiger partial charge in [-0.25, -0.2) is 0 Å². The third kappa shape index (κ3) is 21.6. The maximum absolute atomic E-state index is 11.7. The standard InChI is InChI=1S/C24H40O2.C2H5ClO/c1-2-3-4-5-6-7-8-9-10-11-12-13-14-15-19-22-24(25)26-23-20-17-16-18-21-23;3-1-2-4/h16-18,20-21H,2-15,19,22H2,1H3;4H,1-2H2. The van der Waals surface area contributed by atoms with Gasteiger partial charge in [0, 0.05) is 12.3 Å². The molecule has 0 bridgehead atoms. The maximum atomic E-state index is 11.7. The third-order valence-electron chi connectivity index (χ3n) is 5.04. The molecule has 1 aromatic carbocycles. The molecule has 3 nitrogen and oxygen atoms in total. The molecule has 0 saturated heterocycles. The monoisotopic (exact) mass is 440 g/mol. The molecule has 0 fully saturated rings. The molecule has 4 heteroatoms. The summed E-state index contributed by atoms with van der Waals surface area (Å²) in [5.41, 5.74) is 0. The quantitative estimate of drug-likeness (QED) is 0.108. The number of benzene rings is 1. The van der Waals surface area contributed by atoms with Crippen molar-refractivity contribution in [2.45, 2.75) is 110 Å². The highest BCUT2D eigenvalue weighted by atomic mass is 35.5. The van der Waals surface area contributed by atoms with E-state index in [0.717, 1.165) is 12.8 Å². The van der Waals surface area contributed by atoms with Gasteiger partial charge in [-0.15, -0.1) is 11.6 Å². The highest BCUT2D eigenvalue weighted by Crippen LogP contribution is 2.14. The first-order valence-corrected chi connectivity index (χ1v) is 12.7. The molecule has 0 saturated carbocycles. The van der Waals surface area contributed by atoms with Crippen LogP contribution < -0.4 is 4.74 Å². The summed E-state index contributed by atoms with van der Waals surface area (Å²) in [7, 11) is 0. The number of alkyl halides is 1. The van der Waals surface area contributed by atoms with Crippen LogP contribution in [0.2, 0.25) is 0 Å². The van der Waals surface area contributed by atoms with E-state index in [-0.39, 0.29) is 12.6 Å². The molecule has 0 spiro atoms. The Kier molecular flexibility index (Phi) is 23.4. The first kappa shape index (κ1) is 28.9. The zero-order valence-corrected chi connectivity index (χ0v) is 20.0. The molecule has 0 atom stereocenters. The van der Waals surface area contributed by atoms with Gasteiger partial charge >= 0.3 is 5.97 Å². The van der Waals surface area contributed by atoms with E-state index < -0.39 is 0 Å². The minimum Gasteiger partial charge on any atom is -0.427 e. The van der Waals surface area contributed by atoms with E-state index in [1.807, 2.05) is 30.3 Å². The topological polar surface area (TPSA) is 46.5 Å². The lowest BCUT2D eigenvalue weighted by Gasteiger charge is -2.04. The number of hydrogen-bond donors (Lipinski definition) is 1.